The van der Waals surface area contributed by atoms with Gasteiger partial charge in [0.25, 0.3) is 0 Å². The molecule has 0 amide bonds. The Labute approximate surface area is 159 Å². The van der Waals surface area contributed by atoms with E-state index in [9.17, 15) is 4.79 Å². The van der Waals surface area contributed by atoms with Gasteiger partial charge in [-0.2, -0.15) is 5.10 Å². The van der Waals surface area contributed by atoms with E-state index in [2.05, 4.69) is 48.1 Å². The summed E-state index contributed by atoms with van der Waals surface area (Å²) in [5.41, 5.74) is 4.70. The summed E-state index contributed by atoms with van der Waals surface area (Å²) in [6.07, 6.45) is 4.38. The van der Waals surface area contributed by atoms with Crippen molar-refractivity contribution in [2.45, 2.75) is 38.6 Å². The van der Waals surface area contributed by atoms with Crippen LogP contribution in [-0.4, -0.2) is 22.9 Å². The maximum atomic E-state index is 12.3. The fraction of sp³-hybridized carbons (Fsp3) is 0.304. The van der Waals surface area contributed by atoms with Gasteiger partial charge in [-0.25, -0.2) is 4.79 Å². The van der Waals surface area contributed by atoms with E-state index in [1.54, 1.807) is 19.2 Å². The summed E-state index contributed by atoms with van der Waals surface area (Å²) in [6.45, 7) is 3.90. The van der Waals surface area contributed by atoms with Crippen molar-refractivity contribution in [3.63, 3.8) is 0 Å². The van der Waals surface area contributed by atoms with Gasteiger partial charge in [-0.1, -0.05) is 30.2 Å². The van der Waals surface area contributed by atoms with Crippen molar-refractivity contribution in [3.05, 3.63) is 64.8 Å². The van der Waals surface area contributed by atoms with E-state index in [-0.39, 0.29) is 12.0 Å². The van der Waals surface area contributed by atoms with E-state index in [0.717, 1.165) is 27.9 Å². The molecule has 2 aromatic carbocycles. The number of aromatic nitrogens is 2. The molecule has 0 unspecified atom stereocenters. The van der Waals surface area contributed by atoms with Crippen LogP contribution in [0.4, 0.5) is 0 Å². The summed E-state index contributed by atoms with van der Waals surface area (Å²) in [7, 11) is 1.40. The SMILES string of the molecule is CC#Cc1ccc(C(=O)OC)c2c1cnn2[C@H](C)c1ccc(C2CC2)cc1. The van der Waals surface area contributed by atoms with E-state index >= 15 is 0 Å². The molecule has 1 aromatic heterocycles. The number of esters is 1. The van der Waals surface area contributed by atoms with Gasteiger partial charge in [0.2, 0.25) is 0 Å². The Morgan fingerprint density at radius 3 is 2.59 bits per heavy atom. The molecule has 3 aromatic rings. The predicted molar refractivity (Wildman–Crippen MR) is 106 cm³/mol. The Morgan fingerprint density at radius 2 is 1.96 bits per heavy atom. The van der Waals surface area contributed by atoms with Crippen molar-refractivity contribution in [3.8, 4) is 11.8 Å². The highest BCUT2D eigenvalue weighted by molar-refractivity contribution is 6.04. The largest absolute Gasteiger partial charge is 0.465 e. The molecule has 0 bridgehead atoms. The quantitative estimate of drug-likeness (QED) is 0.502. The molecule has 136 valence electrons. The molecule has 0 radical (unpaired) electrons. The van der Waals surface area contributed by atoms with Crippen LogP contribution >= 0.6 is 0 Å². The number of nitrogens with zero attached hydrogens (tertiary/aromatic N) is 2. The van der Waals surface area contributed by atoms with Crippen molar-refractivity contribution in [1.82, 2.24) is 9.78 Å². The Hall–Kier alpha value is -3.06. The number of benzene rings is 2. The molecule has 1 aliphatic carbocycles. The minimum absolute atomic E-state index is 0.0102. The molecule has 1 saturated carbocycles. The average molecular weight is 358 g/mol. The van der Waals surface area contributed by atoms with Crippen molar-refractivity contribution in [1.29, 1.82) is 0 Å². The zero-order valence-corrected chi connectivity index (χ0v) is 15.8. The van der Waals surface area contributed by atoms with Crippen LogP contribution in [0, 0.1) is 11.8 Å². The molecular weight excluding hydrogens is 336 g/mol. The molecule has 1 heterocycles. The summed E-state index contributed by atoms with van der Waals surface area (Å²) in [4.78, 5) is 12.3. The molecule has 0 aliphatic heterocycles. The fourth-order valence-corrected chi connectivity index (χ4v) is 3.58. The normalized spacial score (nSPS) is 14.5. The molecule has 27 heavy (non-hydrogen) atoms. The molecule has 4 heteroatoms. The van der Waals surface area contributed by atoms with Crippen molar-refractivity contribution in [2.24, 2.45) is 0 Å². The number of methoxy groups -OCH3 is 1. The van der Waals surface area contributed by atoms with E-state index in [4.69, 9.17) is 4.74 Å². The lowest BCUT2D eigenvalue weighted by Gasteiger charge is -2.16. The molecular formula is C23H22N2O2. The standard InChI is InChI=1S/C23H22N2O2/c1-4-5-19-12-13-20(23(26)27-3)22-21(19)14-24-25(22)15(2)16-6-8-17(9-7-16)18-10-11-18/h6-9,12-15,18H,10-11H2,1-3H3/t15-/m1/s1. The van der Waals surface area contributed by atoms with E-state index < -0.39 is 0 Å². The summed E-state index contributed by atoms with van der Waals surface area (Å²) in [5.74, 6) is 6.40. The third kappa shape index (κ3) is 3.10. The van der Waals surface area contributed by atoms with Gasteiger partial charge in [-0.15, -0.1) is 5.92 Å². The number of fused-ring (bicyclic) bond motifs is 1. The number of ether oxygens (including phenoxy) is 1. The Bertz CT molecular complexity index is 1060. The third-order valence-corrected chi connectivity index (χ3v) is 5.26. The van der Waals surface area contributed by atoms with Gasteiger partial charge in [0.15, 0.2) is 0 Å². The molecule has 1 fully saturated rings. The minimum Gasteiger partial charge on any atom is -0.465 e. The highest BCUT2D eigenvalue weighted by atomic mass is 16.5. The number of rotatable bonds is 4. The van der Waals surface area contributed by atoms with Crippen molar-refractivity contribution >= 4 is 16.9 Å². The first-order valence-corrected chi connectivity index (χ1v) is 9.25. The lowest BCUT2D eigenvalue weighted by atomic mass is 10.0. The van der Waals surface area contributed by atoms with Crippen molar-refractivity contribution < 1.29 is 9.53 Å². The van der Waals surface area contributed by atoms with Crippen molar-refractivity contribution in [2.75, 3.05) is 7.11 Å². The first kappa shape index (κ1) is 17.4. The Morgan fingerprint density at radius 1 is 1.22 bits per heavy atom. The maximum absolute atomic E-state index is 12.3. The van der Waals surface area contributed by atoms with Gasteiger partial charge in [-0.3, -0.25) is 4.68 Å². The topological polar surface area (TPSA) is 44.1 Å². The number of hydrogen-bond acceptors (Lipinski definition) is 3. The van der Waals surface area contributed by atoms with Gasteiger partial charge in [0, 0.05) is 10.9 Å². The van der Waals surface area contributed by atoms with Crippen LogP contribution in [0.2, 0.25) is 0 Å². The van der Waals surface area contributed by atoms with Crippen LogP contribution in [0.15, 0.2) is 42.6 Å². The highest BCUT2D eigenvalue weighted by Crippen LogP contribution is 2.40. The van der Waals surface area contributed by atoms with Crippen LogP contribution in [0.1, 0.15) is 65.7 Å². The second-order valence-corrected chi connectivity index (χ2v) is 7.00. The molecule has 4 nitrogen and oxygen atoms in total. The first-order valence-electron chi connectivity index (χ1n) is 9.25. The zero-order chi connectivity index (χ0) is 19.0. The summed E-state index contributed by atoms with van der Waals surface area (Å²) < 4.78 is 6.88. The summed E-state index contributed by atoms with van der Waals surface area (Å²) >= 11 is 0. The van der Waals surface area contributed by atoms with E-state index in [0.29, 0.717) is 5.56 Å². The average Bonchev–Trinajstić information content (AvgIpc) is 3.46. The molecule has 0 spiro atoms. The lowest BCUT2D eigenvalue weighted by Crippen LogP contribution is -2.12. The fourth-order valence-electron chi connectivity index (χ4n) is 3.58. The van der Waals surface area contributed by atoms with Gasteiger partial charge in [-0.05, 0) is 55.9 Å². The van der Waals surface area contributed by atoms with Crippen LogP contribution in [0.5, 0.6) is 0 Å². The monoisotopic (exact) mass is 358 g/mol. The number of carbonyl (C=O) groups is 1. The van der Waals surface area contributed by atoms with Crippen LogP contribution in [0.3, 0.4) is 0 Å². The Balaban J connectivity index is 1.83. The van der Waals surface area contributed by atoms with Crippen LogP contribution < -0.4 is 0 Å². The second kappa shape index (κ2) is 6.92. The van der Waals surface area contributed by atoms with Crippen LogP contribution in [0.25, 0.3) is 10.9 Å². The highest BCUT2D eigenvalue weighted by Gasteiger charge is 2.24. The molecule has 1 aliphatic rings. The predicted octanol–water partition coefficient (Wildman–Crippen LogP) is 4.68. The number of hydrogen-bond donors (Lipinski definition) is 0. The van der Waals surface area contributed by atoms with Gasteiger partial charge in [0.05, 0.1) is 30.4 Å². The third-order valence-electron chi connectivity index (χ3n) is 5.26. The molecule has 4 rings (SSSR count). The summed E-state index contributed by atoms with van der Waals surface area (Å²) in [6, 6.07) is 12.4. The van der Waals surface area contributed by atoms with Crippen LogP contribution in [-0.2, 0) is 4.74 Å². The molecule has 0 saturated heterocycles. The van der Waals surface area contributed by atoms with E-state index in [1.807, 2.05) is 10.7 Å². The van der Waals surface area contributed by atoms with Gasteiger partial charge in [0.1, 0.15) is 0 Å². The maximum Gasteiger partial charge on any atom is 0.340 e. The molecule has 0 N–H and O–H groups in total. The zero-order valence-electron chi connectivity index (χ0n) is 15.8. The first-order chi connectivity index (χ1) is 13.1. The van der Waals surface area contributed by atoms with Gasteiger partial charge < -0.3 is 4.74 Å². The lowest BCUT2D eigenvalue weighted by molar-refractivity contribution is 0.0602. The number of carbonyl (C=O) groups excluding carboxylic acids is 1. The Kier molecular flexibility index (Phi) is 4.45. The smallest absolute Gasteiger partial charge is 0.340 e. The summed E-state index contributed by atoms with van der Waals surface area (Å²) in [5, 5.41) is 5.47. The second-order valence-electron chi connectivity index (χ2n) is 7.00. The minimum atomic E-state index is -0.367. The van der Waals surface area contributed by atoms with E-state index in [1.165, 1.54) is 25.5 Å². The molecule has 1 atom stereocenters. The van der Waals surface area contributed by atoms with Gasteiger partial charge >= 0.3 is 5.97 Å².